The van der Waals surface area contributed by atoms with Crippen LogP contribution in [0, 0.1) is 34.0 Å². The minimum atomic E-state index is -0.109. The molecule has 4 saturated carbocycles. The number of epoxide rings is 1. The Kier molecular flexibility index (Phi) is 2.56. The van der Waals surface area contributed by atoms with Gasteiger partial charge in [0.15, 0.2) is 0 Å². The van der Waals surface area contributed by atoms with Crippen molar-refractivity contribution in [2.24, 2.45) is 34.0 Å². The summed E-state index contributed by atoms with van der Waals surface area (Å²) in [6.45, 7) is 7.95. The van der Waals surface area contributed by atoms with Gasteiger partial charge in [-0.3, -0.25) is 0 Å². The number of aliphatic hydroxyl groups is 1. The predicted molar refractivity (Wildman–Crippen MR) is 86.4 cm³/mol. The molecule has 0 radical (unpaired) electrons. The maximum Gasteiger partial charge on any atom is 0.121 e. The monoisotopic (exact) mass is 304 g/mol. The van der Waals surface area contributed by atoms with Crippen molar-refractivity contribution in [3.63, 3.8) is 0 Å². The van der Waals surface area contributed by atoms with Gasteiger partial charge >= 0.3 is 0 Å². The van der Waals surface area contributed by atoms with E-state index < -0.39 is 0 Å². The third-order valence-corrected chi connectivity index (χ3v) is 9.28. The standard InChI is InChI=1S/C20H32O2/c1-17(2)8-4-9-18(3)14(17)7-10-19-11-13(5-6-15(18)19)20(12-21)16(19)22-20/h13-16,21H,4-12H2,1-3H3/t13-,14-,15+,16-,18-,19-,20+/m1/s1. The molecule has 5 aliphatic rings. The van der Waals surface area contributed by atoms with E-state index in [1.807, 2.05) is 0 Å². The summed E-state index contributed by atoms with van der Waals surface area (Å²) in [5.74, 6) is 2.38. The number of hydrogen-bond acceptors (Lipinski definition) is 2. The Balaban J connectivity index is 1.57. The van der Waals surface area contributed by atoms with E-state index in [0.29, 0.717) is 28.3 Å². The lowest BCUT2D eigenvalue weighted by molar-refractivity contribution is -0.163. The van der Waals surface area contributed by atoms with Gasteiger partial charge in [-0.05, 0) is 73.5 Å². The molecule has 5 rings (SSSR count). The van der Waals surface area contributed by atoms with Crippen LogP contribution in [0.1, 0.15) is 72.1 Å². The fraction of sp³-hybridized carbons (Fsp3) is 1.00. The minimum Gasteiger partial charge on any atom is -0.393 e. The van der Waals surface area contributed by atoms with E-state index >= 15 is 0 Å². The van der Waals surface area contributed by atoms with Gasteiger partial charge in [0.1, 0.15) is 5.60 Å². The van der Waals surface area contributed by atoms with E-state index in [1.54, 1.807) is 0 Å². The van der Waals surface area contributed by atoms with Gasteiger partial charge in [-0.15, -0.1) is 0 Å². The van der Waals surface area contributed by atoms with E-state index in [2.05, 4.69) is 20.8 Å². The van der Waals surface area contributed by atoms with Crippen molar-refractivity contribution in [2.75, 3.05) is 6.61 Å². The number of fused-ring (bicyclic) bond motifs is 5. The third kappa shape index (κ3) is 1.38. The van der Waals surface area contributed by atoms with Crippen LogP contribution in [0.2, 0.25) is 0 Å². The molecule has 0 aromatic heterocycles. The summed E-state index contributed by atoms with van der Waals surface area (Å²) in [5, 5.41) is 9.96. The van der Waals surface area contributed by atoms with Gasteiger partial charge in [0.2, 0.25) is 0 Å². The molecule has 22 heavy (non-hydrogen) atoms. The molecule has 5 fully saturated rings. The van der Waals surface area contributed by atoms with Crippen LogP contribution in [0.25, 0.3) is 0 Å². The quantitative estimate of drug-likeness (QED) is 0.738. The molecule has 7 atom stereocenters. The minimum absolute atomic E-state index is 0.109. The van der Waals surface area contributed by atoms with Gasteiger partial charge in [-0.25, -0.2) is 0 Å². The summed E-state index contributed by atoms with van der Waals surface area (Å²) in [7, 11) is 0. The van der Waals surface area contributed by atoms with E-state index in [-0.39, 0.29) is 12.2 Å². The van der Waals surface area contributed by atoms with Gasteiger partial charge in [0.25, 0.3) is 0 Å². The highest BCUT2D eigenvalue weighted by Crippen LogP contribution is 2.77. The van der Waals surface area contributed by atoms with Gasteiger partial charge in [0, 0.05) is 5.41 Å². The van der Waals surface area contributed by atoms with Gasteiger partial charge < -0.3 is 9.84 Å². The average molecular weight is 304 g/mol. The Morgan fingerprint density at radius 1 is 1.00 bits per heavy atom. The van der Waals surface area contributed by atoms with Crippen LogP contribution >= 0.6 is 0 Å². The second-order valence-electron chi connectivity index (χ2n) is 10.3. The molecule has 2 nitrogen and oxygen atoms in total. The van der Waals surface area contributed by atoms with Crippen molar-refractivity contribution in [1.82, 2.24) is 0 Å². The average Bonchev–Trinajstić information content (AvgIpc) is 3.18. The van der Waals surface area contributed by atoms with Crippen LogP contribution in [0.5, 0.6) is 0 Å². The lowest BCUT2D eigenvalue weighted by atomic mass is 9.41. The van der Waals surface area contributed by atoms with Crippen molar-refractivity contribution in [3.8, 4) is 0 Å². The molecule has 1 spiro atoms. The molecule has 2 bridgehead atoms. The molecular formula is C20H32O2. The Labute approximate surface area is 135 Å². The van der Waals surface area contributed by atoms with Gasteiger partial charge in [0.05, 0.1) is 12.7 Å². The summed E-state index contributed by atoms with van der Waals surface area (Å²) < 4.78 is 6.24. The van der Waals surface area contributed by atoms with Crippen LogP contribution in [0.15, 0.2) is 0 Å². The molecule has 2 heteroatoms. The molecule has 1 N–H and O–H groups in total. The largest absolute Gasteiger partial charge is 0.393 e. The molecule has 0 aromatic rings. The Morgan fingerprint density at radius 3 is 2.59 bits per heavy atom. The maximum atomic E-state index is 9.96. The highest BCUT2D eigenvalue weighted by Gasteiger charge is 2.80. The highest BCUT2D eigenvalue weighted by atomic mass is 16.6. The Morgan fingerprint density at radius 2 is 1.82 bits per heavy atom. The molecule has 124 valence electrons. The first-order valence-electron chi connectivity index (χ1n) is 9.68. The SMILES string of the molecule is CC1(C)CCC[C@]2(C)[C@@H]1CC[C@@]13C[C@@H](CC[C@@H]21)[C@]1(CO)O[C@H]31. The fourth-order valence-electron chi connectivity index (χ4n) is 8.52. The first kappa shape index (κ1) is 14.3. The second-order valence-corrected chi connectivity index (χ2v) is 10.3. The van der Waals surface area contributed by atoms with Crippen LogP contribution in [-0.4, -0.2) is 23.4 Å². The number of ether oxygens (including phenoxy) is 1. The van der Waals surface area contributed by atoms with Gasteiger partial charge in [-0.2, -0.15) is 0 Å². The lowest BCUT2D eigenvalue weighted by Gasteiger charge is -2.64. The predicted octanol–water partition coefficient (Wildman–Crippen LogP) is 4.16. The fourth-order valence-corrected chi connectivity index (χ4v) is 8.52. The Bertz CT molecular complexity index is 514. The van der Waals surface area contributed by atoms with Crippen molar-refractivity contribution in [1.29, 1.82) is 0 Å². The first-order chi connectivity index (χ1) is 10.4. The van der Waals surface area contributed by atoms with Gasteiger partial charge in [-0.1, -0.05) is 27.2 Å². The summed E-state index contributed by atoms with van der Waals surface area (Å²) >= 11 is 0. The molecular weight excluding hydrogens is 272 g/mol. The molecule has 0 unspecified atom stereocenters. The van der Waals surface area contributed by atoms with Crippen LogP contribution in [-0.2, 0) is 4.74 Å². The highest BCUT2D eigenvalue weighted by molar-refractivity contribution is 5.27. The molecule has 0 aromatic carbocycles. The van der Waals surface area contributed by atoms with Crippen molar-refractivity contribution in [3.05, 3.63) is 0 Å². The molecule has 1 saturated heterocycles. The topological polar surface area (TPSA) is 32.8 Å². The number of rotatable bonds is 1. The summed E-state index contributed by atoms with van der Waals surface area (Å²) in [6, 6.07) is 0. The van der Waals surface area contributed by atoms with Crippen molar-refractivity contribution >= 4 is 0 Å². The van der Waals surface area contributed by atoms with Crippen LogP contribution < -0.4 is 0 Å². The first-order valence-corrected chi connectivity index (χ1v) is 9.68. The van der Waals surface area contributed by atoms with Crippen LogP contribution in [0.4, 0.5) is 0 Å². The van der Waals surface area contributed by atoms with E-state index in [0.717, 1.165) is 11.8 Å². The smallest absolute Gasteiger partial charge is 0.121 e. The molecule has 0 amide bonds. The molecule has 1 aliphatic heterocycles. The third-order valence-electron chi connectivity index (χ3n) is 9.28. The van der Waals surface area contributed by atoms with E-state index in [4.69, 9.17) is 4.74 Å². The zero-order valence-electron chi connectivity index (χ0n) is 14.5. The zero-order chi connectivity index (χ0) is 15.4. The van der Waals surface area contributed by atoms with Crippen molar-refractivity contribution in [2.45, 2.75) is 83.8 Å². The maximum absolute atomic E-state index is 9.96. The number of aliphatic hydroxyl groups excluding tert-OH is 1. The van der Waals surface area contributed by atoms with E-state index in [9.17, 15) is 5.11 Å². The number of hydrogen-bond donors (Lipinski definition) is 1. The van der Waals surface area contributed by atoms with E-state index in [1.165, 1.54) is 51.4 Å². The molecule has 4 aliphatic carbocycles. The summed E-state index contributed by atoms with van der Waals surface area (Å²) in [6.07, 6.45) is 11.5. The zero-order valence-corrected chi connectivity index (χ0v) is 14.5. The Hall–Kier alpha value is -0.0800. The lowest BCUT2D eigenvalue weighted by Crippen LogP contribution is -2.57. The van der Waals surface area contributed by atoms with Crippen molar-refractivity contribution < 1.29 is 9.84 Å². The second kappa shape index (κ2) is 3.94. The van der Waals surface area contributed by atoms with Crippen LogP contribution in [0.3, 0.4) is 0 Å². The summed E-state index contributed by atoms with van der Waals surface area (Å²) in [4.78, 5) is 0. The molecule has 1 heterocycles. The normalized spacial score (nSPS) is 61.1. The summed E-state index contributed by atoms with van der Waals surface area (Å²) in [5.41, 5.74) is 1.34.